The molecule has 0 aliphatic rings. The average molecular weight is 489 g/mol. The lowest BCUT2D eigenvalue weighted by Crippen LogP contribution is -2.41. The molecule has 1 amide bonds. The summed E-state index contributed by atoms with van der Waals surface area (Å²) in [6.45, 7) is 2.33. The van der Waals surface area contributed by atoms with E-state index >= 15 is 0 Å². The Bertz CT molecular complexity index is 1150. The third kappa shape index (κ3) is 6.63. The standard InChI is InChI=1S/C24H25ClN2O5S/c1-2-31-20-14-12-19(13-15-20)27(33(29,30)21-8-4-3-5-9-21)18-24(28)26-16-17-32-23-11-7-6-10-22(23)25/h3-15H,2,16-18H2,1H3,(H,26,28). The molecule has 0 heterocycles. The van der Waals surface area contributed by atoms with Crippen LogP contribution in [0.25, 0.3) is 0 Å². The molecule has 0 unspecified atom stereocenters. The minimum absolute atomic E-state index is 0.0914. The largest absolute Gasteiger partial charge is 0.494 e. The van der Waals surface area contributed by atoms with Crippen molar-refractivity contribution in [2.24, 2.45) is 0 Å². The van der Waals surface area contributed by atoms with Gasteiger partial charge in [0.15, 0.2) is 0 Å². The number of hydrogen-bond donors (Lipinski definition) is 1. The summed E-state index contributed by atoms with van der Waals surface area (Å²) in [5.41, 5.74) is 0.352. The maximum Gasteiger partial charge on any atom is 0.264 e. The zero-order valence-electron chi connectivity index (χ0n) is 18.1. The number of para-hydroxylation sites is 1. The van der Waals surface area contributed by atoms with Crippen LogP contribution in [0.5, 0.6) is 11.5 Å². The van der Waals surface area contributed by atoms with E-state index in [4.69, 9.17) is 21.1 Å². The summed E-state index contributed by atoms with van der Waals surface area (Å²) in [5, 5.41) is 3.16. The van der Waals surface area contributed by atoms with Gasteiger partial charge in [-0.15, -0.1) is 0 Å². The molecule has 33 heavy (non-hydrogen) atoms. The van der Waals surface area contributed by atoms with E-state index in [1.54, 1.807) is 66.7 Å². The monoisotopic (exact) mass is 488 g/mol. The van der Waals surface area contributed by atoms with Gasteiger partial charge >= 0.3 is 0 Å². The fraction of sp³-hybridized carbons (Fsp3) is 0.208. The highest BCUT2D eigenvalue weighted by molar-refractivity contribution is 7.92. The summed E-state index contributed by atoms with van der Waals surface area (Å²) >= 11 is 6.05. The van der Waals surface area contributed by atoms with Crippen LogP contribution >= 0.6 is 11.6 Å². The average Bonchev–Trinajstić information content (AvgIpc) is 2.83. The number of carbonyl (C=O) groups excluding carboxylic acids is 1. The lowest BCUT2D eigenvalue weighted by atomic mass is 10.3. The van der Waals surface area contributed by atoms with Crippen molar-refractivity contribution in [3.63, 3.8) is 0 Å². The smallest absolute Gasteiger partial charge is 0.264 e. The van der Waals surface area contributed by atoms with E-state index in [0.717, 1.165) is 4.31 Å². The first kappa shape index (κ1) is 24.4. The Morgan fingerprint density at radius 1 is 0.939 bits per heavy atom. The van der Waals surface area contributed by atoms with Crippen molar-refractivity contribution in [2.45, 2.75) is 11.8 Å². The van der Waals surface area contributed by atoms with Gasteiger partial charge in [0, 0.05) is 0 Å². The van der Waals surface area contributed by atoms with Crippen LogP contribution in [0.15, 0.2) is 83.8 Å². The third-order valence-electron chi connectivity index (χ3n) is 4.57. The van der Waals surface area contributed by atoms with Crippen LogP contribution in [-0.4, -0.2) is 40.6 Å². The summed E-state index contributed by atoms with van der Waals surface area (Å²) in [5.74, 6) is 0.654. The fourth-order valence-electron chi connectivity index (χ4n) is 3.01. The molecule has 0 radical (unpaired) electrons. The molecule has 9 heteroatoms. The quantitative estimate of drug-likeness (QED) is 0.410. The van der Waals surface area contributed by atoms with Crippen LogP contribution in [0, 0.1) is 0 Å². The Morgan fingerprint density at radius 2 is 1.61 bits per heavy atom. The number of hydrogen-bond acceptors (Lipinski definition) is 5. The van der Waals surface area contributed by atoms with Crippen molar-refractivity contribution in [1.29, 1.82) is 0 Å². The van der Waals surface area contributed by atoms with Gasteiger partial charge in [-0.05, 0) is 55.5 Å². The summed E-state index contributed by atoms with van der Waals surface area (Å²) in [6.07, 6.45) is 0. The van der Waals surface area contributed by atoms with E-state index in [0.29, 0.717) is 28.8 Å². The number of rotatable bonds is 11. The Labute approximate surface area is 198 Å². The molecule has 7 nitrogen and oxygen atoms in total. The van der Waals surface area contributed by atoms with E-state index in [1.807, 2.05) is 6.92 Å². The molecule has 0 aromatic heterocycles. The second-order valence-electron chi connectivity index (χ2n) is 6.88. The Morgan fingerprint density at radius 3 is 2.27 bits per heavy atom. The molecule has 3 rings (SSSR count). The van der Waals surface area contributed by atoms with Crippen LogP contribution in [-0.2, 0) is 14.8 Å². The predicted molar refractivity (Wildman–Crippen MR) is 129 cm³/mol. The molecule has 0 atom stereocenters. The highest BCUT2D eigenvalue weighted by Crippen LogP contribution is 2.26. The molecule has 174 valence electrons. The molecule has 0 spiro atoms. The summed E-state index contributed by atoms with van der Waals surface area (Å²) in [7, 11) is -3.97. The second-order valence-corrected chi connectivity index (χ2v) is 9.15. The van der Waals surface area contributed by atoms with Gasteiger partial charge in [0.25, 0.3) is 10.0 Å². The maximum absolute atomic E-state index is 13.3. The molecule has 1 N–H and O–H groups in total. The predicted octanol–water partition coefficient (Wildman–Crippen LogP) is 4.13. The van der Waals surface area contributed by atoms with Crippen LogP contribution in [0.3, 0.4) is 0 Å². The number of anilines is 1. The van der Waals surface area contributed by atoms with Crippen LogP contribution in [0.2, 0.25) is 5.02 Å². The van der Waals surface area contributed by atoms with Crippen molar-refractivity contribution < 1.29 is 22.7 Å². The minimum atomic E-state index is -3.97. The Balaban J connectivity index is 1.71. The second kappa shape index (κ2) is 11.6. The molecule has 0 aliphatic heterocycles. The van der Waals surface area contributed by atoms with Crippen LogP contribution in [0.1, 0.15) is 6.92 Å². The van der Waals surface area contributed by atoms with Crippen molar-refractivity contribution in [3.05, 3.63) is 83.9 Å². The number of halogens is 1. The number of benzene rings is 3. The van der Waals surface area contributed by atoms with E-state index in [2.05, 4.69) is 5.32 Å². The topological polar surface area (TPSA) is 84.9 Å². The lowest BCUT2D eigenvalue weighted by molar-refractivity contribution is -0.119. The van der Waals surface area contributed by atoms with E-state index in [9.17, 15) is 13.2 Å². The van der Waals surface area contributed by atoms with Gasteiger partial charge < -0.3 is 14.8 Å². The normalized spacial score (nSPS) is 11.0. The van der Waals surface area contributed by atoms with Crippen molar-refractivity contribution in [1.82, 2.24) is 5.32 Å². The summed E-state index contributed by atoms with van der Waals surface area (Å²) in [6, 6.07) is 21.6. The molecule has 0 saturated carbocycles. The summed E-state index contributed by atoms with van der Waals surface area (Å²) < 4.78 is 38.7. The molecular weight excluding hydrogens is 464 g/mol. The highest BCUT2D eigenvalue weighted by Gasteiger charge is 2.27. The number of ether oxygens (including phenoxy) is 2. The van der Waals surface area contributed by atoms with Gasteiger partial charge in [-0.1, -0.05) is 41.9 Å². The van der Waals surface area contributed by atoms with Gasteiger partial charge in [-0.25, -0.2) is 8.42 Å². The Kier molecular flexibility index (Phi) is 8.57. The van der Waals surface area contributed by atoms with Gasteiger partial charge in [-0.3, -0.25) is 9.10 Å². The highest BCUT2D eigenvalue weighted by atomic mass is 35.5. The first-order valence-corrected chi connectivity index (χ1v) is 12.2. The first-order valence-electron chi connectivity index (χ1n) is 10.4. The summed E-state index contributed by atoms with van der Waals surface area (Å²) in [4.78, 5) is 12.7. The first-order chi connectivity index (χ1) is 15.9. The molecule has 0 saturated heterocycles. The molecular formula is C24H25ClN2O5S. The number of amides is 1. The lowest BCUT2D eigenvalue weighted by Gasteiger charge is -2.24. The SMILES string of the molecule is CCOc1ccc(N(CC(=O)NCCOc2ccccc2Cl)S(=O)(=O)c2ccccc2)cc1. The molecule has 0 bridgehead atoms. The van der Waals surface area contributed by atoms with E-state index < -0.39 is 22.5 Å². The number of sulfonamides is 1. The molecule has 0 aliphatic carbocycles. The zero-order chi connectivity index (χ0) is 23.7. The van der Waals surface area contributed by atoms with Crippen molar-refractivity contribution in [2.75, 3.05) is 30.6 Å². The molecule has 3 aromatic carbocycles. The van der Waals surface area contributed by atoms with Gasteiger partial charge in [0.1, 0.15) is 24.7 Å². The van der Waals surface area contributed by atoms with Crippen molar-refractivity contribution >= 4 is 33.2 Å². The zero-order valence-corrected chi connectivity index (χ0v) is 19.7. The van der Waals surface area contributed by atoms with Crippen molar-refractivity contribution in [3.8, 4) is 11.5 Å². The third-order valence-corrected chi connectivity index (χ3v) is 6.67. The van der Waals surface area contributed by atoms with E-state index in [-0.39, 0.29) is 18.0 Å². The molecule has 3 aromatic rings. The number of nitrogens with zero attached hydrogens (tertiary/aromatic N) is 1. The van der Waals surface area contributed by atoms with Crippen LogP contribution in [0.4, 0.5) is 5.69 Å². The maximum atomic E-state index is 13.3. The number of carbonyl (C=O) groups is 1. The Hall–Kier alpha value is -3.23. The molecule has 0 fully saturated rings. The van der Waals surface area contributed by atoms with E-state index in [1.165, 1.54) is 12.1 Å². The number of nitrogens with one attached hydrogen (secondary N) is 1. The van der Waals surface area contributed by atoms with Gasteiger partial charge in [-0.2, -0.15) is 0 Å². The fourth-order valence-corrected chi connectivity index (χ4v) is 4.64. The van der Waals surface area contributed by atoms with Crippen LogP contribution < -0.4 is 19.1 Å². The van der Waals surface area contributed by atoms with Gasteiger partial charge in [0.05, 0.1) is 28.8 Å². The minimum Gasteiger partial charge on any atom is -0.494 e. The van der Waals surface area contributed by atoms with Gasteiger partial charge in [0.2, 0.25) is 5.91 Å².